The van der Waals surface area contributed by atoms with E-state index in [9.17, 15) is 4.79 Å². The second-order valence-corrected chi connectivity index (χ2v) is 7.00. The molecule has 3 heterocycles. The van der Waals surface area contributed by atoms with Crippen LogP contribution in [0.2, 0.25) is 0 Å². The number of benzene rings is 1. The maximum Gasteiger partial charge on any atom is 0.257 e. The first-order valence-electron chi connectivity index (χ1n) is 8.96. The van der Waals surface area contributed by atoms with E-state index in [0.29, 0.717) is 5.56 Å². The number of nitrogens with zero attached hydrogens (tertiary/aromatic N) is 5. The van der Waals surface area contributed by atoms with Gasteiger partial charge in [0, 0.05) is 25.4 Å². The summed E-state index contributed by atoms with van der Waals surface area (Å²) < 4.78 is 3.63. The molecule has 1 aliphatic rings. The van der Waals surface area contributed by atoms with Crippen molar-refractivity contribution in [3.63, 3.8) is 0 Å². The first-order chi connectivity index (χ1) is 12.5. The molecule has 6 heteroatoms. The van der Waals surface area contributed by atoms with E-state index in [-0.39, 0.29) is 11.9 Å². The van der Waals surface area contributed by atoms with Gasteiger partial charge >= 0.3 is 0 Å². The van der Waals surface area contributed by atoms with Crippen LogP contribution in [0.25, 0.3) is 5.69 Å². The maximum absolute atomic E-state index is 13.2. The molecule has 4 rings (SSSR count). The van der Waals surface area contributed by atoms with Crippen LogP contribution in [-0.4, -0.2) is 36.9 Å². The molecule has 3 aromatic rings. The van der Waals surface area contributed by atoms with E-state index >= 15 is 0 Å². The van der Waals surface area contributed by atoms with E-state index in [2.05, 4.69) is 29.3 Å². The number of amides is 1. The van der Waals surface area contributed by atoms with E-state index in [1.807, 2.05) is 48.1 Å². The number of carbonyl (C=O) groups excluding carboxylic acids is 1. The zero-order valence-corrected chi connectivity index (χ0v) is 15.4. The van der Waals surface area contributed by atoms with Crippen molar-refractivity contribution < 1.29 is 4.79 Å². The number of carbonyl (C=O) groups is 1. The Kier molecular flexibility index (Phi) is 4.11. The lowest BCUT2D eigenvalue weighted by molar-refractivity contribution is 0.0735. The molecule has 1 amide bonds. The third-order valence-corrected chi connectivity index (χ3v) is 5.11. The average Bonchev–Trinajstić information content (AvgIpc) is 3.33. The van der Waals surface area contributed by atoms with Crippen LogP contribution in [0, 0.1) is 13.8 Å². The molecule has 1 unspecified atom stereocenters. The molecular weight excluding hydrogens is 326 g/mol. The zero-order valence-electron chi connectivity index (χ0n) is 15.4. The summed E-state index contributed by atoms with van der Waals surface area (Å²) in [5.41, 5.74) is 4.79. The monoisotopic (exact) mass is 349 g/mol. The van der Waals surface area contributed by atoms with Crippen molar-refractivity contribution in [1.82, 2.24) is 24.5 Å². The van der Waals surface area contributed by atoms with Crippen molar-refractivity contribution in [3.05, 3.63) is 65.2 Å². The Morgan fingerprint density at radius 2 is 2.04 bits per heavy atom. The predicted octanol–water partition coefficient (Wildman–Crippen LogP) is 3.20. The normalized spacial score (nSPS) is 17.0. The maximum atomic E-state index is 13.2. The van der Waals surface area contributed by atoms with Crippen LogP contribution in [0.3, 0.4) is 0 Å². The largest absolute Gasteiger partial charge is 0.331 e. The van der Waals surface area contributed by atoms with Crippen LogP contribution in [0.15, 0.2) is 42.9 Å². The molecule has 2 aromatic heterocycles. The lowest BCUT2D eigenvalue weighted by atomic mass is 10.1. The van der Waals surface area contributed by atoms with Crippen molar-refractivity contribution in [2.24, 2.45) is 7.05 Å². The molecule has 1 fully saturated rings. The fourth-order valence-corrected chi connectivity index (χ4v) is 3.76. The molecule has 1 aromatic carbocycles. The second-order valence-electron chi connectivity index (χ2n) is 7.00. The highest BCUT2D eigenvalue weighted by Crippen LogP contribution is 2.33. The van der Waals surface area contributed by atoms with E-state index in [1.54, 1.807) is 10.9 Å². The number of likely N-dealkylation sites (tertiary alicyclic amines) is 1. The van der Waals surface area contributed by atoms with Gasteiger partial charge < -0.3 is 4.90 Å². The standard InChI is InChI=1S/C20H23N5O/c1-14-6-4-7-17(10-14)25-15(2)18(12-22-25)20(26)24-9-5-8-19(24)16-11-21-23(3)13-16/h4,6-7,10-13,19H,5,8-9H2,1-3H3. The molecule has 1 aliphatic heterocycles. The number of hydrogen-bond donors (Lipinski definition) is 0. The van der Waals surface area contributed by atoms with Gasteiger partial charge in [0.2, 0.25) is 0 Å². The minimum absolute atomic E-state index is 0.0488. The predicted molar refractivity (Wildman–Crippen MR) is 99.3 cm³/mol. The molecule has 0 bridgehead atoms. The highest BCUT2D eigenvalue weighted by atomic mass is 16.2. The minimum atomic E-state index is 0.0488. The van der Waals surface area contributed by atoms with E-state index in [0.717, 1.165) is 36.3 Å². The molecule has 0 N–H and O–H groups in total. The zero-order chi connectivity index (χ0) is 18.3. The van der Waals surface area contributed by atoms with Crippen molar-refractivity contribution in [2.75, 3.05) is 6.54 Å². The van der Waals surface area contributed by atoms with Gasteiger partial charge in [0.05, 0.1) is 35.4 Å². The van der Waals surface area contributed by atoms with Gasteiger partial charge in [0.1, 0.15) is 0 Å². The summed E-state index contributed by atoms with van der Waals surface area (Å²) in [7, 11) is 1.90. The summed E-state index contributed by atoms with van der Waals surface area (Å²) >= 11 is 0. The van der Waals surface area contributed by atoms with E-state index in [1.165, 1.54) is 5.56 Å². The van der Waals surface area contributed by atoms with Gasteiger partial charge in [-0.2, -0.15) is 10.2 Å². The minimum Gasteiger partial charge on any atom is -0.331 e. The molecule has 26 heavy (non-hydrogen) atoms. The summed E-state index contributed by atoms with van der Waals surface area (Å²) in [6.45, 7) is 4.78. The molecule has 134 valence electrons. The lowest BCUT2D eigenvalue weighted by Gasteiger charge is -2.23. The molecule has 0 aliphatic carbocycles. The topological polar surface area (TPSA) is 56.0 Å². The lowest BCUT2D eigenvalue weighted by Crippen LogP contribution is -2.30. The van der Waals surface area contributed by atoms with Crippen molar-refractivity contribution in [2.45, 2.75) is 32.7 Å². The Morgan fingerprint density at radius 1 is 1.19 bits per heavy atom. The molecule has 1 saturated heterocycles. The number of aromatic nitrogens is 4. The quantitative estimate of drug-likeness (QED) is 0.730. The Morgan fingerprint density at radius 3 is 2.77 bits per heavy atom. The van der Waals surface area contributed by atoms with Crippen LogP contribution >= 0.6 is 0 Å². The molecule has 0 saturated carbocycles. The number of hydrogen-bond acceptors (Lipinski definition) is 3. The third-order valence-electron chi connectivity index (χ3n) is 5.11. The molecule has 0 spiro atoms. The Bertz CT molecular complexity index is 955. The Labute approximate surface area is 153 Å². The van der Waals surface area contributed by atoms with Gasteiger partial charge in [-0.25, -0.2) is 4.68 Å². The van der Waals surface area contributed by atoms with Crippen molar-refractivity contribution >= 4 is 5.91 Å². The van der Waals surface area contributed by atoms with Crippen LogP contribution in [-0.2, 0) is 7.05 Å². The second kappa shape index (κ2) is 6.44. The van der Waals surface area contributed by atoms with E-state index in [4.69, 9.17) is 0 Å². The van der Waals surface area contributed by atoms with Crippen molar-refractivity contribution in [1.29, 1.82) is 0 Å². The summed E-state index contributed by atoms with van der Waals surface area (Å²) in [4.78, 5) is 15.2. The molecule has 1 atom stereocenters. The van der Waals surface area contributed by atoms with Crippen LogP contribution < -0.4 is 0 Å². The molecule has 0 radical (unpaired) electrons. The number of aryl methyl sites for hydroxylation is 2. The molecule has 6 nitrogen and oxygen atoms in total. The first kappa shape index (κ1) is 16.6. The van der Waals surface area contributed by atoms with Gasteiger partial charge in [-0.3, -0.25) is 9.48 Å². The Hall–Kier alpha value is -2.89. The van der Waals surface area contributed by atoms with Gasteiger partial charge in [0.15, 0.2) is 0 Å². The Balaban J connectivity index is 1.64. The van der Waals surface area contributed by atoms with Crippen LogP contribution in [0.4, 0.5) is 0 Å². The van der Waals surface area contributed by atoms with Gasteiger partial charge in [0.25, 0.3) is 5.91 Å². The van der Waals surface area contributed by atoms with Crippen molar-refractivity contribution in [3.8, 4) is 5.69 Å². The molecular formula is C20H23N5O. The van der Waals surface area contributed by atoms with Crippen LogP contribution in [0.5, 0.6) is 0 Å². The summed E-state index contributed by atoms with van der Waals surface area (Å²) in [5.74, 6) is 0.0488. The average molecular weight is 349 g/mol. The summed E-state index contributed by atoms with van der Waals surface area (Å²) in [5, 5.41) is 8.73. The van der Waals surface area contributed by atoms with Crippen LogP contribution in [0.1, 0.15) is 46.1 Å². The fourth-order valence-electron chi connectivity index (χ4n) is 3.76. The number of rotatable bonds is 3. The fraction of sp³-hybridized carbons (Fsp3) is 0.350. The van der Waals surface area contributed by atoms with Gasteiger partial charge in [-0.15, -0.1) is 0 Å². The van der Waals surface area contributed by atoms with Gasteiger partial charge in [-0.05, 0) is 44.4 Å². The highest BCUT2D eigenvalue weighted by molar-refractivity contribution is 5.95. The highest BCUT2D eigenvalue weighted by Gasteiger charge is 2.32. The van der Waals surface area contributed by atoms with E-state index < -0.39 is 0 Å². The third kappa shape index (κ3) is 2.81. The summed E-state index contributed by atoms with van der Waals surface area (Å²) in [6.07, 6.45) is 7.54. The summed E-state index contributed by atoms with van der Waals surface area (Å²) in [6, 6.07) is 8.24. The SMILES string of the molecule is Cc1cccc(-n2ncc(C(=O)N3CCCC3c3cnn(C)c3)c2C)c1. The smallest absolute Gasteiger partial charge is 0.257 e. The first-order valence-corrected chi connectivity index (χ1v) is 8.96. The van der Waals surface area contributed by atoms with Gasteiger partial charge in [-0.1, -0.05) is 12.1 Å².